The minimum Gasteiger partial charge on any atom is -0.435 e. The minimum atomic E-state index is -0.244. The van der Waals surface area contributed by atoms with Gasteiger partial charge in [0.15, 0.2) is 5.89 Å². The van der Waals surface area contributed by atoms with Gasteiger partial charge in [-0.05, 0) is 24.6 Å². The summed E-state index contributed by atoms with van der Waals surface area (Å²) in [6.07, 6.45) is 0.412. The zero-order chi connectivity index (χ0) is 17.3. The first-order valence-electron chi connectivity index (χ1n) is 7.81. The Hall–Kier alpha value is -1.56. The fourth-order valence-electron chi connectivity index (χ4n) is 2.69. The fourth-order valence-corrected chi connectivity index (χ4v) is 3.00. The van der Waals surface area contributed by atoms with Crippen LogP contribution in [0.15, 0.2) is 22.6 Å². The maximum atomic E-state index is 12.7. The molecule has 5 nitrogen and oxygen atoms in total. The number of benzene rings is 1. The number of rotatable bonds is 3. The Labute approximate surface area is 150 Å². The van der Waals surface area contributed by atoms with Crippen molar-refractivity contribution in [3.05, 3.63) is 51.2 Å². The van der Waals surface area contributed by atoms with Crippen LogP contribution in [0.3, 0.4) is 0 Å². The van der Waals surface area contributed by atoms with Crippen LogP contribution in [-0.4, -0.2) is 35.5 Å². The molecule has 0 saturated carbocycles. The van der Waals surface area contributed by atoms with Gasteiger partial charge < -0.3 is 14.1 Å². The highest BCUT2D eigenvalue weighted by Crippen LogP contribution is 2.29. The van der Waals surface area contributed by atoms with E-state index >= 15 is 0 Å². The van der Waals surface area contributed by atoms with Gasteiger partial charge in [0, 0.05) is 13.0 Å². The maximum Gasteiger partial charge on any atom is 0.291 e. The summed E-state index contributed by atoms with van der Waals surface area (Å²) in [6.45, 7) is 5.11. The Morgan fingerprint density at radius 3 is 2.83 bits per heavy atom. The Bertz CT molecular complexity index is 760. The van der Waals surface area contributed by atoms with Crippen molar-refractivity contribution in [2.75, 3.05) is 19.7 Å². The lowest BCUT2D eigenvalue weighted by molar-refractivity contribution is -0.0238. The molecule has 0 aliphatic carbocycles. The molecule has 2 aromatic rings. The number of morpholine rings is 1. The molecule has 1 amide bonds. The number of hydrogen-bond donors (Lipinski definition) is 0. The molecular weight excluding hydrogens is 351 g/mol. The first-order valence-corrected chi connectivity index (χ1v) is 8.57. The standard InChI is InChI=1S/C17H18Cl2N2O3/c1-3-15-20-10(2)16(24-15)17(22)21-6-7-23-14(9-21)11-4-5-12(18)13(19)8-11/h4-5,8,14H,3,6-7,9H2,1-2H3. The molecule has 1 unspecified atom stereocenters. The second-order valence-electron chi connectivity index (χ2n) is 5.66. The number of halogens is 2. The second-order valence-corrected chi connectivity index (χ2v) is 6.47. The summed E-state index contributed by atoms with van der Waals surface area (Å²) in [5.41, 5.74) is 1.51. The number of amides is 1. The lowest BCUT2D eigenvalue weighted by atomic mass is 10.1. The van der Waals surface area contributed by atoms with Crippen molar-refractivity contribution in [2.24, 2.45) is 0 Å². The van der Waals surface area contributed by atoms with Gasteiger partial charge >= 0.3 is 0 Å². The number of hydrogen-bond acceptors (Lipinski definition) is 4. The Morgan fingerprint density at radius 2 is 2.17 bits per heavy atom. The van der Waals surface area contributed by atoms with E-state index in [-0.39, 0.29) is 12.0 Å². The molecule has 7 heteroatoms. The summed E-state index contributed by atoms with van der Waals surface area (Å²) in [7, 11) is 0. The predicted molar refractivity (Wildman–Crippen MR) is 91.7 cm³/mol. The molecule has 1 aliphatic heterocycles. The summed E-state index contributed by atoms with van der Waals surface area (Å²) in [6, 6.07) is 5.37. The van der Waals surface area contributed by atoms with Crippen LogP contribution in [0, 0.1) is 6.92 Å². The van der Waals surface area contributed by atoms with Crippen molar-refractivity contribution in [3.63, 3.8) is 0 Å². The van der Waals surface area contributed by atoms with E-state index in [4.69, 9.17) is 32.4 Å². The highest BCUT2D eigenvalue weighted by molar-refractivity contribution is 6.42. The molecular formula is C17H18Cl2N2O3. The van der Waals surface area contributed by atoms with Crippen molar-refractivity contribution in [1.82, 2.24) is 9.88 Å². The van der Waals surface area contributed by atoms with Crippen LogP contribution in [0.5, 0.6) is 0 Å². The smallest absolute Gasteiger partial charge is 0.291 e. The van der Waals surface area contributed by atoms with E-state index in [1.807, 2.05) is 13.0 Å². The molecule has 0 radical (unpaired) electrons. The van der Waals surface area contributed by atoms with Crippen LogP contribution < -0.4 is 0 Å². The molecule has 2 heterocycles. The van der Waals surface area contributed by atoms with Gasteiger partial charge in [-0.1, -0.05) is 36.2 Å². The highest BCUT2D eigenvalue weighted by atomic mass is 35.5. The Balaban J connectivity index is 1.78. The van der Waals surface area contributed by atoms with E-state index in [0.29, 0.717) is 53.5 Å². The SMILES string of the molecule is CCc1nc(C)c(C(=O)N2CCOC(c3ccc(Cl)c(Cl)c3)C2)o1. The average Bonchev–Trinajstić information content (AvgIpc) is 2.98. The normalized spacial score (nSPS) is 18.0. The van der Waals surface area contributed by atoms with E-state index in [1.54, 1.807) is 24.0 Å². The number of ether oxygens (including phenoxy) is 1. The summed E-state index contributed by atoms with van der Waals surface area (Å²) in [5, 5.41) is 0.966. The van der Waals surface area contributed by atoms with E-state index in [2.05, 4.69) is 4.98 Å². The fraction of sp³-hybridized carbons (Fsp3) is 0.412. The predicted octanol–water partition coefficient (Wildman–Crippen LogP) is 4.07. The van der Waals surface area contributed by atoms with Gasteiger partial charge in [0.05, 0.1) is 28.9 Å². The lowest BCUT2D eigenvalue weighted by Gasteiger charge is -2.32. The number of nitrogens with zero attached hydrogens (tertiary/aromatic N) is 2. The molecule has 1 fully saturated rings. The molecule has 1 aromatic carbocycles. The molecule has 1 aliphatic rings. The molecule has 24 heavy (non-hydrogen) atoms. The molecule has 1 aromatic heterocycles. The van der Waals surface area contributed by atoms with E-state index < -0.39 is 0 Å². The molecule has 0 spiro atoms. The highest BCUT2D eigenvalue weighted by Gasteiger charge is 2.29. The second kappa shape index (κ2) is 7.13. The third kappa shape index (κ3) is 3.43. The summed E-state index contributed by atoms with van der Waals surface area (Å²) in [4.78, 5) is 18.7. The van der Waals surface area contributed by atoms with Crippen LogP contribution in [0.1, 0.15) is 40.7 Å². The zero-order valence-electron chi connectivity index (χ0n) is 13.5. The van der Waals surface area contributed by atoms with Gasteiger partial charge in [-0.15, -0.1) is 0 Å². The monoisotopic (exact) mass is 368 g/mol. The van der Waals surface area contributed by atoms with Crippen molar-refractivity contribution >= 4 is 29.1 Å². The molecule has 1 atom stereocenters. The topological polar surface area (TPSA) is 55.6 Å². The number of oxazole rings is 1. The molecule has 1 saturated heterocycles. The largest absolute Gasteiger partial charge is 0.435 e. The first-order chi connectivity index (χ1) is 11.5. The number of aryl methyl sites for hydroxylation is 2. The van der Waals surface area contributed by atoms with Crippen LogP contribution in [-0.2, 0) is 11.2 Å². The van der Waals surface area contributed by atoms with E-state index in [0.717, 1.165) is 5.56 Å². The van der Waals surface area contributed by atoms with Gasteiger partial charge in [0.1, 0.15) is 6.10 Å². The van der Waals surface area contributed by atoms with Crippen molar-refractivity contribution in [2.45, 2.75) is 26.4 Å². The summed E-state index contributed by atoms with van der Waals surface area (Å²) in [5.74, 6) is 0.722. The molecule has 0 bridgehead atoms. The van der Waals surface area contributed by atoms with Gasteiger partial charge in [-0.3, -0.25) is 4.79 Å². The maximum absolute atomic E-state index is 12.7. The van der Waals surface area contributed by atoms with Gasteiger partial charge in [0.2, 0.25) is 5.76 Å². The third-order valence-corrected chi connectivity index (χ3v) is 4.75. The first kappa shape index (κ1) is 17.3. The molecule has 0 N–H and O–H groups in total. The lowest BCUT2D eigenvalue weighted by Crippen LogP contribution is -2.42. The zero-order valence-corrected chi connectivity index (χ0v) is 15.0. The van der Waals surface area contributed by atoms with E-state index in [1.165, 1.54) is 0 Å². The number of aromatic nitrogens is 1. The summed E-state index contributed by atoms with van der Waals surface area (Å²) < 4.78 is 11.4. The van der Waals surface area contributed by atoms with Crippen molar-refractivity contribution in [1.29, 1.82) is 0 Å². The van der Waals surface area contributed by atoms with Crippen LogP contribution >= 0.6 is 23.2 Å². The quantitative estimate of drug-likeness (QED) is 0.819. The third-order valence-electron chi connectivity index (χ3n) is 4.01. The molecule has 3 rings (SSSR count). The number of carbonyl (C=O) groups is 1. The Morgan fingerprint density at radius 1 is 1.38 bits per heavy atom. The van der Waals surface area contributed by atoms with Gasteiger partial charge in [0.25, 0.3) is 5.91 Å². The average molecular weight is 369 g/mol. The minimum absolute atomic E-state index is 0.159. The van der Waals surface area contributed by atoms with Gasteiger partial charge in [-0.2, -0.15) is 0 Å². The van der Waals surface area contributed by atoms with E-state index in [9.17, 15) is 4.79 Å². The molecule has 128 valence electrons. The van der Waals surface area contributed by atoms with Crippen LogP contribution in [0.2, 0.25) is 10.0 Å². The van der Waals surface area contributed by atoms with Crippen LogP contribution in [0.25, 0.3) is 0 Å². The van der Waals surface area contributed by atoms with Crippen LogP contribution in [0.4, 0.5) is 0 Å². The number of carbonyl (C=O) groups excluding carboxylic acids is 1. The van der Waals surface area contributed by atoms with Crippen molar-refractivity contribution < 1.29 is 13.9 Å². The summed E-state index contributed by atoms with van der Waals surface area (Å²) >= 11 is 12.0. The van der Waals surface area contributed by atoms with Gasteiger partial charge in [-0.25, -0.2) is 4.98 Å². The van der Waals surface area contributed by atoms with Crippen molar-refractivity contribution in [3.8, 4) is 0 Å². The Kier molecular flexibility index (Phi) is 5.13.